The van der Waals surface area contributed by atoms with Crippen molar-refractivity contribution in [1.82, 2.24) is 24.4 Å². The van der Waals surface area contributed by atoms with Gasteiger partial charge in [0.05, 0.1) is 24.4 Å². The number of aliphatic hydroxyl groups excluding tert-OH is 1. The van der Waals surface area contributed by atoms with Crippen molar-refractivity contribution in [2.75, 3.05) is 5.32 Å². The fraction of sp³-hybridized carbons (Fsp3) is 0.269. The molecule has 0 unspecified atom stereocenters. The van der Waals surface area contributed by atoms with Crippen LogP contribution in [0.4, 0.5) is 15.9 Å². The molecule has 6 rings (SSSR count). The minimum Gasteiger partial charge on any atom is -0.488 e. The largest absolute Gasteiger partial charge is 0.488 e. The lowest BCUT2D eigenvalue weighted by Gasteiger charge is -2.31. The van der Waals surface area contributed by atoms with E-state index in [0.29, 0.717) is 31.0 Å². The first-order valence-corrected chi connectivity index (χ1v) is 11.9. The molecule has 2 aromatic carbocycles. The predicted molar refractivity (Wildman–Crippen MR) is 134 cm³/mol. The summed E-state index contributed by atoms with van der Waals surface area (Å²) in [5.41, 5.74) is 9.39. The van der Waals surface area contributed by atoms with Crippen molar-refractivity contribution in [1.29, 1.82) is 0 Å². The molecule has 0 saturated heterocycles. The maximum absolute atomic E-state index is 13.6. The molecule has 3 atom stereocenters. The van der Waals surface area contributed by atoms with Crippen molar-refractivity contribution < 1.29 is 14.2 Å². The first-order valence-electron chi connectivity index (χ1n) is 11.9. The number of hydrogen-bond acceptors (Lipinski definition) is 7. The first-order chi connectivity index (χ1) is 17.5. The van der Waals surface area contributed by atoms with E-state index in [1.165, 1.54) is 18.5 Å². The Morgan fingerprint density at radius 3 is 2.92 bits per heavy atom. The zero-order valence-corrected chi connectivity index (χ0v) is 19.5. The van der Waals surface area contributed by atoms with E-state index < -0.39 is 6.10 Å². The van der Waals surface area contributed by atoms with Crippen LogP contribution >= 0.6 is 0 Å². The number of rotatable bonds is 6. The van der Waals surface area contributed by atoms with Crippen LogP contribution in [0.3, 0.4) is 0 Å². The van der Waals surface area contributed by atoms with Gasteiger partial charge in [-0.1, -0.05) is 12.1 Å². The highest BCUT2D eigenvalue weighted by molar-refractivity contribution is 5.86. The Balaban J connectivity index is 1.25. The summed E-state index contributed by atoms with van der Waals surface area (Å²) in [7, 11) is 0. The first kappa shape index (κ1) is 22.4. The Morgan fingerprint density at radius 2 is 2.06 bits per heavy atom. The van der Waals surface area contributed by atoms with E-state index in [9.17, 15) is 9.50 Å². The zero-order valence-electron chi connectivity index (χ0n) is 19.5. The average molecular weight is 488 g/mol. The molecule has 5 aromatic rings. The topological polar surface area (TPSA) is 116 Å². The van der Waals surface area contributed by atoms with Crippen LogP contribution in [0.5, 0.6) is 5.75 Å². The molecule has 184 valence electrons. The van der Waals surface area contributed by atoms with Crippen LogP contribution in [0.25, 0.3) is 16.4 Å². The van der Waals surface area contributed by atoms with Crippen LogP contribution in [0.1, 0.15) is 24.8 Å². The summed E-state index contributed by atoms with van der Waals surface area (Å²) < 4.78 is 23.4. The number of benzene rings is 2. The lowest BCUT2D eigenvalue weighted by Crippen LogP contribution is -2.43. The van der Waals surface area contributed by atoms with Crippen LogP contribution in [0.15, 0.2) is 67.3 Å². The van der Waals surface area contributed by atoms with E-state index in [-0.39, 0.29) is 18.0 Å². The van der Waals surface area contributed by atoms with E-state index in [1.54, 1.807) is 16.8 Å². The molecule has 0 spiro atoms. The van der Waals surface area contributed by atoms with Crippen molar-refractivity contribution in [3.05, 3.63) is 78.6 Å². The van der Waals surface area contributed by atoms with Crippen LogP contribution < -0.4 is 15.8 Å². The van der Waals surface area contributed by atoms with Gasteiger partial charge in [-0.3, -0.25) is 4.68 Å². The summed E-state index contributed by atoms with van der Waals surface area (Å²) >= 11 is 0. The molecule has 3 aromatic heterocycles. The number of nitrogens with zero attached hydrogens (tertiary/aromatic N) is 5. The number of aliphatic hydroxyl groups is 1. The third-order valence-corrected chi connectivity index (χ3v) is 6.65. The van der Waals surface area contributed by atoms with E-state index in [1.807, 2.05) is 41.2 Å². The van der Waals surface area contributed by atoms with Crippen LogP contribution in [-0.4, -0.2) is 47.7 Å². The molecule has 0 amide bonds. The van der Waals surface area contributed by atoms with Crippen LogP contribution in [0, 0.1) is 5.82 Å². The van der Waals surface area contributed by atoms with Gasteiger partial charge < -0.3 is 20.9 Å². The van der Waals surface area contributed by atoms with Crippen molar-refractivity contribution in [2.24, 2.45) is 5.73 Å². The Bertz CT molecular complexity index is 1530. The van der Waals surface area contributed by atoms with Gasteiger partial charge >= 0.3 is 0 Å². The summed E-state index contributed by atoms with van der Waals surface area (Å²) in [6.07, 6.45) is 6.49. The number of fused-ring (bicyclic) bond motifs is 2. The van der Waals surface area contributed by atoms with Gasteiger partial charge in [0.15, 0.2) is 11.6 Å². The average Bonchev–Trinajstić information content (AvgIpc) is 3.46. The van der Waals surface area contributed by atoms with Gasteiger partial charge in [-0.25, -0.2) is 13.9 Å². The maximum Gasteiger partial charge on any atom is 0.162 e. The molecule has 1 saturated carbocycles. The molecule has 0 bridgehead atoms. The Morgan fingerprint density at radius 1 is 1.14 bits per heavy atom. The second-order valence-corrected chi connectivity index (χ2v) is 9.20. The van der Waals surface area contributed by atoms with E-state index >= 15 is 0 Å². The smallest absolute Gasteiger partial charge is 0.162 e. The number of halogens is 1. The number of hydrogen-bond donors (Lipinski definition) is 3. The van der Waals surface area contributed by atoms with Gasteiger partial charge in [-0.15, -0.1) is 0 Å². The van der Waals surface area contributed by atoms with E-state index in [4.69, 9.17) is 10.5 Å². The van der Waals surface area contributed by atoms with Crippen LogP contribution in [-0.2, 0) is 6.54 Å². The molecule has 0 radical (unpaired) electrons. The number of nitrogens with two attached hydrogens (primary N) is 1. The van der Waals surface area contributed by atoms with Gasteiger partial charge in [-0.2, -0.15) is 10.2 Å². The number of ether oxygens (including phenoxy) is 1. The minimum absolute atomic E-state index is 0.0806. The molecule has 9 nitrogen and oxygen atoms in total. The molecule has 1 fully saturated rings. The molecule has 0 aliphatic heterocycles. The molecular weight excluding hydrogens is 461 g/mol. The van der Waals surface area contributed by atoms with E-state index in [2.05, 4.69) is 20.5 Å². The molecule has 3 heterocycles. The van der Waals surface area contributed by atoms with Gasteiger partial charge in [0.1, 0.15) is 23.8 Å². The lowest BCUT2D eigenvalue weighted by molar-refractivity contribution is 0.0499. The highest BCUT2D eigenvalue weighted by Crippen LogP contribution is 2.32. The number of aromatic nitrogens is 5. The van der Waals surface area contributed by atoms with Gasteiger partial charge in [-0.05, 0) is 48.7 Å². The lowest BCUT2D eigenvalue weighted by atomic mass is 9.91. The van der Waals surface area contributed by atoms with Crippen molar-refractivity contribution >= 4 is 27.9 Å². The predicted octanol–water partition coefficient (Wildman–Crippen LogP) is 3.63. The molecule has 1 aliphatic carbocycles. The third kappa shape index (κ3) is 4.36. The maximum atomic E-state index is 13.6. The van der Waals surface area contributed by atoms with Crippen molar-refractivity contribution in [2.45, 2.75) is 44.1 Å². The third-order valence-electron chi connectivity index (χ3n) is 6.65. The quantitative estimate of drug-likeness (QED) is 0.335. The highest BCUT2D eigenvalue weighted by atomic mass is 19.1. The number of nitrogens with one attached hydrogen (secondary N) is 1. The Hall–Kier alpha value is -4.02. The van der Waals surface area contributed by atoms with E-state index in [0.717, 1.165) is 34.1 Å². The SMILES string of the molecule is N[C@H]1C[C@@H](Oc2ccn3ncnc(Nc4ccc5c(cnn5Cc5cccc(F)c5)c4)c23)CC[C@@H]1O. The summed E-state index contributed by atoms with van der Waals surface area (Å²) in [5.74, 6) is 1.01. The fourth-order valence-electron chi connectivity index (χ4n) is 4.78. The Kier molecular flexibility index (Phi) is 5.74. The van der Waals surface area contributed by atoms with Crippen molar-refractivity contribution in [3.8, 4) is 5.75 Å². The molecule has 36 heavy (non-hydrogen) atoms. The zero-order chi connectivity index (χ0) is 24.6. The van der Waals surface area contributed by atoms with Gasteiger partial charge in [0.25, 0.3) is 0 Å². The van der Waals surface area contributed by atoms with Gasteiger partial charge in [0, 0.05) is 35.8 Å². The van der Waals surface area contributed by atoms with Crippen molar-refractivity contribution in [3.63, 3.8) is 0 Å². The molecular formula is C26H26FN7O2. The molecule has 1 aliphatic rings. The monoisotopic (exact) mass is 487 g/mol. The highest BCUT2D eigenvalue weighted by Gasteiger charge is 2.28. The fourth-order valence-corrected chi connectivity index (χ4v) is 4.78. The second kappa shape index (κ2) is 9.21. The normalized spacial score (nSPS) is 20.1. The number of anilines is 2. The van der Waals surface area contributed by atoms with Gasteiger partial charge in [0.2, 0.25) is 0 Å². The van der Waals surface area contributed by atoms with Crippen LogP contribution in [0.2, 0.25) is 0 Å². The summed E-state index contributed by atoms with van der Waals surface area (Å²) in [6.45, 7) is 0.479. The molecule has 4 N–H and O–H groups in total. The standard InChI is InChI=1S/C26H26FN7O2/c27-18-3-1-2-16(10-18)14-34-22-6-4-19(11-17(22)13-30-34)32-26-25-24(8-9-33(25)31-15-29-26)36-20-5-7-23(35)21(28)12-20/h1-4,6,8-11,13,15,20-21,23,35H,5,7,12,14,28H2,(H,29,31,32)/t20-,21-,23-/m0/s1. The summed E-state index contributed by atoms with van der Waals surface area (Å²) in [4.78, 5) is 4.46. The second-order valence-electron chi connectivity index (χ2n) is 9.20. The summed E-state index contributed by atoms with van der Waals surface area (Å²) in [6, 6.07) is 14.0. The molecule has 10 heteroatoms. The minimum atomic E-state index is -0.482. The Labute approximate surface area is 206 Å². The summed E-state index contributed by atoms with van der Waals surface area (Å²) in [5, 5.41) is 23.1.